The molecule has 9 nitrogen and oxygen atoms in total. The summed E-state index contributed by atoms with van der Waals surface area (Å²) in [5.74, 6) is -0.856. The van der Waals surface area contributed by atoms with Crippen LogP contribution in [0.5, 0.6) is 5.88 Å². The minimum atomic E-state index is -0.667. The number of hydrogen-bond acceptors (Lipinski definition) is 5. The van der Waals surface area contributed by atoms with Gasteiger partial charge in [0.1, 0.15) is 11.7 Å². The van der Waals surface area contributed by atoms with Crippen molar-refractivity contribution in [3.63, 3.8) is 0 Å². The largest absolute Gasteiger partial charge is 0.482 e. The van der Waals surface area contributed by atoms with Gasteiger partial charge < -0.3 is 19.9 Å². The molecule has 0 spiro atoms. The number of benzene rings is 1. The number of methoxy groups -OCH3 is 1. The number of carbonyl (C=O) groups excluding carboxylic acids is 4. The van der Waals surface area contributed by atoms with Crippen molar-refractivity contribution in [3.05, 3.63) is 46.6 Å². The molecule has 29 heavy (non-hydrogen) atoms. The molecular weight excluding hydrogens is 376 g/mol. The van der Waals surface area contributed by atoms with Gasteiger partial charge in [-0.1, -0.05) is 0 Å². The summed E-state index contributed by atoms with van der Waals surface area (Å²) in [5, 5.41) is 5.09. The molecule has 4 rings (SSSR count). The molecule has 0 saturated carbocycles. The molecule has 1 unspecified atom stereocenters. The summed E-state index contributed by atoms with van der Waals surface area (Å²) < 4.78 is 5.10. The van der Waals surface area contributed by atoms with E-state index in [9.17, 15) is 19.2 Å². The number of nitrogens with zero attached hydrogens (tertiary/aromatic N) is 1. The number of anilines is 1. The molecule has 1 saturated heterocycles. The van der Waals surface area contributed by atoms with Gasteiger partial charge in [-0.2, -0.15) is 0 Å². The first-order chi connectivity index (χ1) is 13.9. The van der Waals surface area contributed by atoms with Crippen LogP contribution in [-0.4, -0.2) is 46.7 Å². The third kappa shape index (κ3) is 3.35. The zero-order chi connectivity index (χ0) is 20.7. The fraction of sp³-hybridized carbons (Fsp3) is 0.300. The third-order valence-electron chi connectivity index (χ3n) is 5.22. The van der Waals surface area contributed by atoms with Crippen LogP contribution >= 0.6 is 0 Å². The summed E-state index contributed by atoms with van der Waals surface area (Å²) in [5.41, 5.74) is 2.90. The number of ether oxygens (including phenoxy) is 1. The Labute approximate surface area is 166 Å². The maximum absolute atomic E-state index is 12.7. The van der Waals surface area contributed by atoms with Crippen molar-refractivity contribution in [2.45, 2.75) is 32.4 Å². The van der Waals surface area contributed by atoms with Crippen molar-refractivity contribution in [3.8, 4) is 5.88 Å². The Morgan fingerprint density at radius 3 is 2.72 bits per heavy atom. The molecule has 1 aromatic heterocycles. The summed E-state index contributed by atoms with van der Waals surface area (Å²) in [6.45, 7) is 2.05. The van der Waals surface area contributed by atoms with E-state index >= 15 is 0 Å². The lowest BCUT2D eigenvalue weighted by Crippen LogP contribution is -2.52. The number of aromatic amines is 1. The van der Waals surface area contributed by atoms with Gasteiger partial charge in [0.05, 0.1) is 7.11 Å². The number of fused-ring (bicyclic) bond motifs is 1. The number of H-pyrrole nitrogens is 1. The predicted octanol–water partition coefficient (Wildman–Crippen LogP) is 1.35. The van der Waals surface area contributed by atoms with Crippen LogP contribution in [0.25, 0.3) is 0 Å². The van der Waals surface area contributed by atoms with E-state index in [2.05, 4.69) is 15.6 Å². The minimum Gasteiger partial charge on any atom is -0.482 e. The Morgan fingerprint density at radius 1 is 1.24 bits per heavy atom. The van der Waals surface area contributed by atoms with Crippen LogP contribution in [0.2, 0.25) is 0 Å². The molecule has 150 valence electrons. The number of piperidine rings is 1. The van der Waals surface area contributed by atoms with Crippen LogP contribution < -0.4 is 15.4 Å². The van der Waals surface area contributed by atoms with Gasteiger partial charge >= 0.3 is 0 Å². The van der Waals surface area contributed by atoms with E-state index in [0.29, 0.717) is 29.2 Å². The van der Waals surface area contributed by atoms with Crippen LogP contribution in [-0.2, 0) is 16.1 Å². The van der Waals surface area contributed by atoms with Gasteiger partial charge in [0, 0.05) is 30.3 Å². The van der Waals surface area contributed by atoms with E-state index in [1.807, 2.05) is 0 Å². The number of imide groups is 1. The van der Waals surface area contributed by atoms with Gasteiger partial charge in [0.2, 0.25) is 11.8 Å². The number of rotatable bonds is 4. The van der Waals surface area contributed by atoms with Gasteiger partial charge in [-0.25, -0.2) is 0 Å². The second kappa shape index (κ2) is 7.08. The van der Waals surface area contributed by atoms with E-state index in [1.165, 1.54) is 12.0 Å². The lowest BCUT2D eigenvalue weighted by Gasteiger charge is -2.29. The van der Waals surface area contributed by atoms with Gasteiger partial charge in [-0.15, -0.1) is 0 Å². The topological polar surface area (TPSA) is 121 Å². The fourth-order valence-corrected chi connectivity index (χ4v) is 3.72. The molecule has 3 heterocycles. The lowest BCUT2D eigenvalue weighted by atomic mass is 10.0. The molecule has 1 aromatic carbocycles. The van der Waals surface area contributed by atoms with Gasteiger partial charge in [-0.3, -0.25) is 24.5 Å². The van der Waals surface area contributed by atoms with Gasteiger partial charge in [0.25, 0.3) is 11.8 Å². The Hall–Kier alpha value is -3.62. The standard InChI is InChI=1S/C20H20N4O5/c1-10-7-16(29-2)23-17(10)19(27)21-12-3-4-13-11(8-12)9-24(20(13)28)14-5-6-15(25)22-18(14)26/h3-4,7-8,14,23H,5-6,9H2,1-2H3,(H,21,27)(H,22,25,26). The minimum absolute atomic E-state index is 0.205. The SMILES string of the molecule is COc1cc(C)c(C(=O)Nc2ccc3c(c2)CN(C2CCC(=O)NC2=O)C3=O)[nH]1. The maximum Gasteiger partial charge on any atom is 0.272 e. The van der Waals surface area contributed by atoms with Gasteiger partial charge in [0.15, 0.2) is 5.88 Å². The molecule has 0 aliphatic carbocycles. The third-order valence-corrected chi connectivity index (χ3v) is 5.22. The fourth-order valence-electron chi connectivity index (χ4n) is 3.72. The van der Waals surface area contributed by atoms with Crippen molar-refractivity contribution in [2.75, 3.05) is 12.4 Å². The summed E-state index contributed by atoms with van der Waals surface area (Å²) in [6.07, 6.45) is 0.513. The summed E-state index contributed by atoms with van der Waals surface area (Å²) in [4.78, 5) is 53.1. The normalized spacial score (nSPS) is 18.5. The number of nitrogens with one attached hydrogen (secondary N) is 3. The molecule has 0 bridgehead atoms. The lowest BCUT2D eigenvalue weighted by molar-refractivity contribution is -0.136. The smallest absolute Gasteiger partial charge is 0.272 e. The average molecular weight is 396 g/mol. The quantitative estimate of drug-likeness (QED) is 0.674. The number of amides is 4. The Bertz CT molecular complexity index is 1040. The molecular formula is C20H20N4O5. The number of aryl methyl sites for hydroxylation is 1. The predicted molar refractivity (Wildman–Crippen MR) is 103 cm³/mol. The highest BCUT2D eigenvalue weighted by Crippen LogP contribution is 2.29. The van der Waals surface area contributed by atoms with E-state index in [-0.39, 0.29) is 30.7 Å². The Morgan fingerprint density at radius 2 is 2.03 bits per heavy atom. The molecule has 2 aliphatic rings. The Balaban J connectivity index is 1.51. The molecule has 0 radical (unpaired) electrons. The van der Waals surface area contributed by atoms with Crippen molar-refractivity contribution in [1.82, 2.24) is 15.2 Å². The molecule has 1 atom stereocenters. The average Bonchev–Trinajstić information content (AvgIpc) is 3.22. The number of carbonyl (C=O) groups is 4. The van der Waals surface area contributed by atoms with Crippen LogP contribution in [0.1, 0.15) is 44.8 Å². The maximum atomic E-state index is 12.7. The van der Waals surface area contributed by atoms with Crippen LogP contribution in [0.3, 0.4) is 0 Å². The van der Waals surface area contributed by atoms with Crippen LogP contribution in [0.15, 0.2) is 24.3 Å². The highest BCUT2D eigenvalue weighted by atomic mass is 16.5. The van der Waals surface area contributed by atoms with E-state index < -0.39 is 11.9 Å². The first-order valence-corrected chi connectivity index (χ1v) is 9.20. The molecule has 3 N–H and O–H groups in total. The molecule has 9 heteroatoms. The summed E-state index contributed by atoms with van der Waals surface area (Å²) in [6, 6.07) is 6.08. The Kier molecular flexibility index (Phi) is 4.57. The summed E-state index contributed by atoms with van der Waals surface area (Å²) >= 11 is 0. The van der Waals surface area contributed by atoms with Crippen molar-refractivity contribution in [1.29, 1.82) is 0 Å². The first-order valence-electron chi connectivity index (χ1n) is 9.20. The molecule has 2 aromatic rings. The zero-order valence-corrected chi connectivity index (χ0v) is 16.0. The molecule has 1 fully saturated rings. The van der Waals surface area contributed by atoms with Gasteiger partial charge in [-0.05, 0) is 42.7 Å². The summed E-state index contributed by atoms with van der Waals surface area (Å²) in [7, 11) is 1.51. The number of aromatic nitrogens is 1. The highest BCUT2D eigenvalue weighted by molar-refractivity contribution is 6.07. The molecule has 2 aliphatic heterocycles. The molecule has 4 amide bonds. The van der Waals surface area contributed by atoms with Crippen LogP contribution in [0.4, 0.5) is 5.69 Å². The monoisotopic (exact) mass is 396 g/mol. The van der Waals surface area contributed by atoms with Crippen molar-refractivity contribution in [2.24, 2.45) is 0 Å². The van der Waals surface area contributed by atoms with Crippen molar-refractivity contribution >= 4 is 29.3 Å². The van der Waals surface area contributed by atoms with Crippen LogP contribution in [0, 0.1) is 6.92 Å². The van der Waals surface area contributed by atoms with E-state index in [1.54, 1.807) is 31.2 Å². The van der Waals surface area contributed by atoms with E-state index in [4.69, 9.17) is 4.74 Å². The second-order valence-electron chi connectivity index (χ2n) is 7.12. The number of hydrogen-bond donors (Lipinski definition) is 3. The van der Waals surface area contributed by atoms with Crippen molar-refractivity contribution < 1.29 is 23.9 Å². The highest BCUT2D eigenvalue weighted by Gasteiger charge is 2.39. The van der Waals surface area contributed by atoms with E-state index in [0.717, 1.165) is 11.1 Å². The zero-order valence-electron chi connectivity index (χ0n) is 16.0. The first kappa shape index (κ1) is 18.7. The second-order valence-corrected chi connectivity index (χ2v) is 7.12.